The highest BCUT2D eigenvalue weighted by atomic mass is 16.5. The molecule has 2 N–H and O–H groups in total. The molecule has 8 heteroatoms. The number of Topliss-reactive ketones (excluding diaryl/α,β-unsaturated/α-hetero) is 1. The van der Waals surface area contributed by atoms with Crippen LogP contribution in [0.4, 0.5) is 5.69 Å². The van der Waals surface area contributed by atoms with Crippen molar-refractivity contribution in [3.8, 4) is 22.9 Å². The molecule has 0 aliphatic rings. The van der Waals surface area contributed by atoms with Gasteiger partial charge < -0.3 is 14.8 Å². The zero-order valence-electron chi connectivity index (χ0n) is 17.2. The van der Waals surface area contributed by atoms with Crippen LogP contribution in [0.5, 0.6) is 11.5 Å². The van der Waals surface area contributed by atoms with E-state index >= 15 is 0 Å². The van der Waals surface area contributed by atoms with E-state index in [1.165, 1.54) is 14.0 Å². The molecule has 1 aromatic heterocycles. The number of nitrogens with zero attached hydrogens (tertiary/aromatic N) is 2. The number of carbonyl (C=O) groups is 2. The number of anilines is 1. The highest BCUT2D eigenvalue weighted by Crippen LogP contribution is 2.28. The van der Waals surface area contributed by atoms with E-state index in [1.807, 2.05) is 31.2 Å². The maximum Gasteiger partial charge on any atom is 0.224 e. The number of hydrogen-bond donors (Lipinski definition) is 2. The number of amides is 1. The molecular weight excluding hydrogens is 384 g/mol. The van der Waals surface area contributed by atoms with Gasteiger partial charge in [-0.05, 0) is 62.7 Å². The summed E-state index contributed by atoms with van der Waals surface area (Å²) in [5, 5.41) is 9.78. The van der Waals surface area contributed by atoms with Crippen LogP contribution in [0.3, 0.4) is 0 Å². The Morgan fingerprint density at radius 1 is 1.10 bits per heavy atom. The third-order valence-corrected chi connectivity index (χ3v) is 4.40. The summed E-state index contributed by atoms with van der Waals surface area (Å²) >= 11 is 0. The van der Waals surface area contributed by atoms with E-state index in [0.29, 0.717) is 48.0 Å². The van der Waals surface area contributed by atoms with Crippen LogP contribution >= 0.6 is 0 Å². The first-order valence-electron chi connectivity index (χ1n) is 9.57. The van der Waals surface area contributed by atoms with E-state index in [4.69, 9.17) is 9.47 Å². The number of hydrogen-bond acceptors (Lipinski definition) is 6. The van der Waals surface area contributed by atoms with Gasteiger partial charge in [-0.1, -0.05) is 0 Å². The summed E-state index contributed by atoms with van der Waals surface area (Å²) in [5.74, 6) is 2.26. The molecule has 2 aromatic carbocycles. The number of aromatic nitrogens is 3. The summed E-state index contributed by atoms with van der Waals surface area (Å²) in [6.07, 6.45) is 0.855. The molecule has 0 aliphatic heterocycles. The van der Waals surface area contributed by atoms with Crippen molar-refractivity contribution in [2.75, 3.05) is 19.0 Å². The highest BCUT2D eigenvalue weighted by Gasteiger charge is 2.09. The molecule has 0 radical (unpaired) electrons. The van der Waals surface area contributed by atoms with E-state index in [2.05, 4.69) is 20.5 Å². The maximum atomic E-state index is 12.2. The van der Waals surface area contributed by atoms with E-state index in [0.717, 1.165) is 11.4 Å². The predicted octanol–water partition coefficient (Wildman–Crippen LogP) is 3.79. The van der Waals surface area contributed by atoms with Crippen LogP contribution in [0.2, 0.25) is 0 Å². The van der Waals surface area contributed by atoms with Gasteiger partial charge in [0, 0.05) is 23.2 Å². The van der Waals surface area contributed by atoms with Gasteiger partial charge in [-0.25, -0.2) is 4.98 Å². The fourth-order valence-corrected chi connectivity index (χ4v) is 2.82. The summed E-state index contributed by atoms with van der Waals surface area (Å²) in [5.41, 5.74) is 2.14. The molecule has 0 aliphatic carbocycles. The number of methoxy groups -OCH3 is 1. The number of benzene rings is 2. The van der Waals surface area contributed by atoms with Gasteiger partial charge in [0.2, 0.25) is 5.91 Å². The number of rotatable bonds is 9. The minimum Gasteiger partial charge on any atom is -0.493 e. The topological polar surface area (TPSA) is 106 Å². The van der Waals surface area contributed by atoms with Gasteiger partial charge in [0.25, 0.3) is 0 Å². The lowest BCUT2D eigenvalue weighted by molar-refractivity contribution is -0.116. The number of aryl methyl sites for hydroxylation is 1. The van der Waals surface area contributed by atoms with Gasteiger partial charge in [0.1, 0.15) is 5.82 Å². The van der Waals surface area contributed by atoms with E-state index < -0.39 is 0 Å². The molecule has 1 amide bonds. The van der Waals surface area contributed by atoms with Gasteiger partial charge in [0.15, 0.2) is 23.1 Å². The third kappa shape index (κ3) is 5.44. The number of ether oxygens (including phenoxy) is 2. The molecule has 0 saturated heterocycles. The van der Waals surface area contributed by atoms with Crippen LogP contribution in [0.15, 0.2) is 42.5 Å². The smallest absolute Gasteiger partial charge is 0.224 e. The molecule has 8 nitrogen and oxygen atoms in total. The summed E-state index contributed by atoms with van der Waals surface area (Å²) in [4.78, 5) is 27.9. The molecule has 0 atom stereocenters. The molecule has 0 bridgehead atoms. The van der Waals surface area contributed by atoms with Crippen molar-refractivity contribution in [1.82, 2.24) is 15.2 Å². The monoisotopic (exact) mass is 408 g/mol. The molecule has 0 saturated carbocycles. The van der Waals surface area contributed by atoms with Crippen LogP contribution in [0.25, 0.3) is 11.4 Å². The zero-order valence-corrected chi connectivity index (χ0v) is 17.2. The Morgan fingerprint density at radius 3 is 2.50 bits per heavy atom. The Bertz CT molecular complexity index is 1030. The summed E-state index contributed by atoms with van der Waals surface area (Å²) in [6.45, 7) is 3.69. The standard InChI is InChI=1S/C22H24N4O4/c1-14(27)17-8-11-19(20(13-17)29-3)30-12-4-5-21(28)24-18-9-6-16(7-10-18)22-23-15(2)25-26-22/h6-11,13H,4-5,12H2,1-3H3,(H,24,28)(H,23,25,26). The number of nitrogens with one attached hydrogen (secondary N) is 2. The molecule has 3 aromatic rings. The Morgan fingerprint density at radius 2 is 1.87 bits per heavy atom. The fourth-order valence-electron chi connectivity index (χ4n) is 2.82. The van der Waals surface area contributed by atoms with Crippen molar-refractivity contribution in [2.24, 2.45) is 0 Å². The van der Waals surface area contributed by atoms with Crippen molar-refractivity contribution in [2.45, 2.75) is 26.7 Å². The molecule has 30 heavy (non-hydrogen) atoms. The van der Waals surface area contributed by atoms with Crippen LogP contribution < -0.4 is 14.8 Å². The number of H-pyrrole nitrogens is 1. The van der Waals surface area contributed by atoms with E-state index in [-0.39, 0.29) is 11.7 Å². The summed E-state index contributed by atoms with van der Waals surface area (Å²) in [6, 6.07) is 12.4. The van der Waals surface area contributed by atoms with E-state index in [1.54, 1.807) is 18.2 Å². The second kappa shape index (κ2) is 9.69. The highest BCUT2D eigenvalue weighted by molar-refractivity contribution is 5.94. The van der Waals surface area contributed by atoms with Crippen LogP contribution in [-0.4, -0.2) is 40.6 Å². The lowest BCUT2D eigenvalue weighted by atomic mass is 10.1. The maximum absolute atomic E-state index is 12.2. The molecule has 0 fully saturated rings. The molecule has 1 heterocycles. The Hall–Kier alpha value is -3.68. The predicted molar refractivity (Wildman–Crippen MR) is 113 cm³/mol. The minimum absolute atomic E-state index is 0.0414. The van der Waals surface area contributed by atoms with Gasteiger partial charge >= 0.3 is 0 Å². The average Bonchev–Trinajstić information content (AvgIpc) is 3.18. The number of ketones is 1. The average molecular weight is 408 g/mol. The minimum atomic E-state index is -0.0982. The first-order chi connectivity index (χ1) is 14.5. The molecule has 0 spiro atoms. The number of carbonyl (C=O) groups excluding carboxylic acids is 2. The van der Waals surface area contributed by atoms with Gasteiger partial charge in [-0.2, -0.15) is 5.10 Å². The SMILES string of the molecule is COc1cc(C(C)=O)ccc1OCCCC(=O)Nc1ccc(-c2n[nH]c(C)n2)cc1. The van der Waals surface area contributed by atoms with Gasteiger partial charge in [-0.3, -0.25) is 14.7 Å². The van der Waals surface area contributed by atoms with Crippen molar-refractivity contribution in [3.05, 3.63) is 53.9 Å². The van der Waals surface area contributed by atoms with Gasteiger partial charge in [-0.15, -0.1) is 0 Å². The first-order valence-corrected chi connectivity index (χ1v) is 9.57. The molecular formula is C22H24N4O4. The van der Waals surface area contributed by atoms with Crippen LogP contribution in [-0.2, 0) is 4.79 Å². The second-order valence-corrected chi connectivity index (χ2v) is 6.74. The van der Waals surface area contributed by atoms with Crippen molar-refractivity contribution in [1.29, 1.82) is 0 Å². The van der Waals surface area contributed by atoms with E-state index in [9.17, 15) is 9.59 Å². The zero-order chi connectivity index (χ0) is 21.5. The number of aromatic amines is 1. The molecule has 156 valence electrons. The molecule has 0 unspecified atom stereocenters. The van der Waals surface area contributed by atoms with Crippen molar-refractivity contribution < 1.29 is 19.1 Å². The summed E-state index contributed by atoms with van der Waals surface area (Å²) in [7, 11) is 1.52. The lowest BCUT2D eigenvalue weighted by Crippen LogP contribution is -2.12. The lowest BCUT2D eigenvalue weighted by Gasteiger charge is -2.11. The summed E-state index contributed by atoms with van der Waals surface area (Å²) < 4.78 is 11.0. The van der Waals surface area contributed by atoms with Crippen molar-refractivity contribution >= 4 is 17.4 Å². The van der Waals surface area contributed by atoms with Crippen molar-refractivity contribution in [3.63, 3.8) is 0 Å². The fraction of sp³-hybridized carbons (Fsp3) is 0.273. The quantitative estimate of drug-likeness (QED) is 0.412. The second-order valence-electron chi connectivity index (χ2n) is 6.74. The third-order valence-electron chi connectivity index (χ3n) is 4.40. The van der Waals surface area contributed by atoms with Crippen LogP contribution in [0, 0.1) is 6.92 Å². The van der Waals surface area contributed by atoms with Gasteiger partial charge in [0.05, 0.1) is 13.7 Å². The molecule has 3 rings (SSSR count). The first kappa shape index (κ1) is 21.0. The Labute approximate surface area is 174 Å². The Balaban J connectivity index is 1.45. The normalized spacial score (nSPS) is 10.5. The van der Waals surface area contributed by atoms with Crippen LogP contribution in [0.1, 0.15) is 35.9 Å². The Kier molecular flexibility index (Phi) is 6.79. The largest absolute Gasteiger partial charge is 0.493 e.